The van der Waals surface area contributed by atoms with Gasteiger partial charge in [0.1, 0.15) is 5.01 Å². The van der Waals surface area contributed by atoms with Gasteiger partial charge in [0.05, 0.1) is 15.1 Å². The summed E-state index contributed by atoms with van der Waals surface area (Å²) in [5, 5.41) is 0.827. The van der Waals surface area contributed by atoms with Gasteiger partial charge in [0.15, 0.2) is 14.6 Å². The van der Waals surface area contributed by atoms with Crippen molar-refractivity contribution in [1.82, 2.24) is 4.98 Å². The molecule has 1 aliphatic rings. The van der Waals surface area contributed by atoms with Crippen molar-refractivity contribution in [3.63, 3.8) is 0 Å². The highest BCUT2D eigenvalue weighted by atomic mass is 32.2. The van der Waals surface area contributed by atoms with E-state index in [1.807, 2.05) is 12.1 Å². The monoisotopic (exact) mass is 430 g/mol. The predicted octanol–water partition coefficient (Wildman–Crippen LogP) is 3.33. The third-order valence-corrected chi connectivity index (χ3v) is 9.12. The highest BCUT2D eigenvalue weighted by molar-refractivity contribution is 7.93. The van der Waals surface area contributed by atoms with Crippen molar-refractivity contribution in [3.8, 4) is 10.6 Å². The quantitative estimate of drug-likeness (QED) is 0.669. The molecule has 8 heteroatoms. The lowest BCUT2D eigenvalue weighted by atomic mass is 9.98. The number of nitrogens with two attached hydrogens (primary N) is 1. The molecule has 0 unspecified atom stereocenters. The molecule has 1 fully saturated rings. The molecule has 0 saturated carbocycles. The highest BCUT2D eigenvalue weighted by Gasteiger charge is 2.51. The molecular weight excluding hydrogens is 408 g/mol. The number of carbonyl (C=O) groups is 1. The van der Waals surface area contributed by atoms with Crippen molar-refractivity contribution in [2.75, 3.05) is 13.2 Å². The van der Waals surface area contributed by atoms with Crippen molar-refractivity contribution < 1.29 is 17.9 Å². The van der Waals surface area contributed by atoms with E-state index in [0.717, 1.165) is 27.2 Å². The van der Waals surface area contributed by atoms with Crippen LogP contribution in [0.1, 0.15) is 25.3 Å². The minimum atomic E-state index is -3.95. The van der Waals surface area contributed by atoms with Gasteiger partial charge in [-0.05, 0) is 43.0 Å². The molecular formula is C21H22N2O4S2. The molecule has 2 N–H and O–H groups in total. The van der Waals surface area contributed by atoms with Crippen LogP contribution in [0.15, 0.2) is 47.4 Å². The summed E-state index contributed by atoms with van der Waals surface area (Å²) in [6, 6.07) is 13.0. The molecule has 6 nitrogen and oxygen atoms in total. The number of fused-ring (bicyclic) bond motifs is 1. The van der Waals surface area contributed by atoms with Gasteiger partial charge in [-0.15, -0.1) is 11.3 Å². The van der Waals surface area contributed by atoms with Gasteiger partial charge < -0.3 is 10.5 Å². The second-order valence-corrected chi connectivity index (χ2v) is 10.5. The molecule has 1 saturated heterocycles. The van der Waals surface area contributed by atoms with Crippen molar-refractivity contribution in [2.24, 2.45) is 5.73 Å². The second kappa shape index (κ2) is 7.51. The molecule has 1 aromatic heterocycles. The number of carbonyl (C=O) groups excluding carboxylic acids is 1. The molecule has 1 amide bonds. The number of primary amides is 1. The van der Waals surface area contributed by atoms with Gasteiger partial charge in [-0.3, -0.25) is 4.79 Å². The first-order chi connectivity index (χ1) is 13.9. The molecule has 0 bridgehead atoms. The number of aryl methyl sites for hydroxylation is 1. The minimum absolute atomic E-state index is 0.0699. The van der Waals surface area contributed by atoms with Crippen LogP contribution in [-0.2, 0) is 25.8 Å². The average Bonchev–Trinajstić information content (AvgIpc) is 3.17. The normalized spacial score (nSPS) is 16.7. The Labute approximate surface area is 173 Å². The van der Waals surface area contributed by atoms with Gasteiger partial charge in [-0.2, -0.15) is 0 Å². The predicted molar refractivity (Wildman–Crippen MR) is 114 cm³/mol. The number of hydrogen-bond acceptors (Lipinski definition) is 6. The molecule has 4 rings (SSSR count). The van der Waals surface area contributed by atoms with Crippen LogP contribution in [0.2, 0.25) is 0 Å². The molecule has 0 aliphatic carbocycles. The van der Waals surface area contributed by atoms with E-state index >= 15 is 0 Å². The molecule has 152 valence electrons. The first-order valence-corrected chi connectivity index (χ1v) is 11.8. The number of amides is 1. The molecule has 29 heavy (non-hydrogen) atoms. The van der Waals surface area contributed by atoms with E-state index in [-0.39, 0.29) is 31.0 Å². The Morgan fingerprint density at radius 3 is 2.48 bits per heavy atom. The van der Waals surface area contributed by atoms with Gasteiger partial charge in [0, 0.05) is 18.8 Å². The Hall–Kier alpha value is -2.29. The SMILES string of the molecule is CCc1ccc(-c2nc3ccc(S(=O)(=O)C4(C(N)=O)CCOCC4)cc3s2)cc1. The van der Waals surface area contributed by atoms with Gasteiger partial charge in [0.2, 0.25) is 5.91 Å². The fraction of sp³-hybridized carbons (Fsp3) is 0.333. The lowest BCUT2D eigenvalue weighted by Gasteiger charge is -2.33. The first-order valence-electron chi connectivity index (χ1n) is 9.49. The lowest BCUT2D eigenvalue weighted by molar-refractivity contribution is -0.122. The number of sulfone groups is 1. The van der Waals surface area contributed by atoms with Gasteiger partial charge in [-0.1, -0.05) is 31.2 Å². The summed E-state index contributed by atoms with van der Waals surface area (Å²) in [6.07, 6.45) is 1.11. The van der Waals surface area contributed by atoms with E-state index in [2.05, 4.69) is 24.0 Å². The molecule has 2 heterocycles. The van der Waals surface area contributed by atoms with Crippen LogP contribution in [-0.4, -0.2) is 37.3 Å². The Bertz CT molecular complexity index is 1160. The Kier molecular flexibility index (Phi) is 5.18. The maximum atomic E-state index is 13.4. The number of nitrogens with zero attached hydrogens (tertiary/aromatic N) is 1. The highest BCUT2D eigenvalue weighted by Crippen LogP contribution is 2.37. The number of benzene rings is 2. The number of thiazole rings is 1. The van der Waals surface area contributed by atoms with Crippen LogP contribution < -0.4 is 5.73 Å². The van der Waals surface area contributed by atoms with Crippen LogP contribution in [0.25, 0.3) is 20.8 Å². The van der Waals surface area contributed by atoms with Crippen molar-refractivity contribution in [2.45, 2.75) is 35.8 Å². The molecule has 0 spiro atoms. The lowest BCUT2D eigenvalue weighted by Crippen LogP contribution is -2.53. The fourth-order valence-electron chi connectivity index (χ4n) is 3.65. The summed E-state index contributed by atoms with van der Waals surface area (Å²) in [5.41, 5.74) is 8.52. The standard InChI is InChI=1S/C21H22N2O4S2/c1-2-14-3-5-15(6-4-14)19-23-17-8-7-16(13-18(17)28-19)29(25,26)21(20(22)24)9-11-27-12-10-21/h3-8,13H,2,9-12H2,1H3,(H2,22,24). The summed E-state index contributed by atoms with van der Waals surface area (Å²) < 4.78 is 31.1. The largest absolute Gasteiger partial charge is 0.381 e. The van der Waals surface area contributed by atoms with Crippen molar-refractivity contribution in [3.05, 3.63) is 48.0 Å². The van der Waals surface area contributed by atoms with Gasteiger partial charge in [-0.25, -0.2) is 13.4 Å². The van der Waals surface area contributed by atoms with Gasteiger partial charge in [0.25, 0.3) is 0 Å². The summed E-state index contributed by atoms with van der Waals surface area (Å²) >= 11 is 1.43. The molecule has 2 aromatic carbocycles. The Morgan fingerprint density at radius 1 is 1.17 bits per heavy atom. The van der Waals surface area contributed by atoms with Crippen molar-refractivity contribution >= 4 is 37.3 Å². The zero-order valence-corrected chi connectivity index (χ0v) is 17.7. The van der Waals surface area contributed by atoms with Crippen LogP contribution >= 0.6 is 11.3 Å². The summed E-state index contributed by atoms with van der Waals surface area (Å²) in [7, 11) is -3.95. The van der Waals surface area contributed by atoms with E-state index < -0.39 is 20.5 Å². The number of ether oxygens (including phenoxy) is 1. The van der Waals surface area contributed by atoms with E-state index in [4.69, 9.17) is 10.5 Å². The topological polar surface area (TPSA) is 99.4 Å². The summed E-state index contributed by atoms with van der Waals surface area (Å²) in [6.45, 7) is 2.50. The zero-order valence-electron chi connectivity index (χ0n) is 16.1. The molecule has 0 atom stereocenters. The average molecular weight is 431 g/mol. The number of hydrogen-bond donors (Lipinski definition) is 1. The van der Waals surface area contributed by atoms with Gasteiger partial charge >= 0.3 is 0 Å². The van der Waals surface area contributed by atoms with Crippen LogP contribution in [0.3, 0.4) is 0 Å². The first kappa shape index (κ1) is 20.0. The zero-order chi connectivity index (χ0) is 20.6. The van der Waals surface area contributed by atoms with E-state index in [1.54, 1.807) is 12.1 Å². The van der Waals surface area contributed by atoms with Crippen LogP contribution in [0.4, 0.5) is 0 Å². The number of aromatic nitrogens is 1. The molecule has 0 radical (unpaired) electrons. The fourth-order valence-corrected chi connectivity index (χ4v) is 6.68. The molecule has 3 aromatic rings. The Morgan fingerprint density at radius 2 is 1.86 bits per heavy atom. The number of rotatable bonds is 5. The van der Waals surface area contributed by atoms with Crippen molar-refractivity contribution in [1.29, 1.82) is 0 Å². The summed E-state index contributed by atoms with van der Waals surface area (Å²) in [4.78, 5) is 16.9. The van der Waals surface area contributed by atoms with Crippen LogP contribution in [0, 0.1) is 0 Å². The second-order valence-electron chi connectivity index (χ2n) is 7.17. The summed E-state index contributed by atoms with van der Waals surface area (Å²) in [5.74, 6) is -0.818. The molecule has 1 aliphatic heterocycles. The van der Waals surface area contributed by atoms with E-state index in [1.165, 1.54) is 23.0 Å². The van der Waals surface area contributed by atoms with Crippen LogP contribution in [0.5, 0.6) is 0 Å². The van der Waals surface area contributed by atoms with E-state index in [0.29, 0.717) is 0 Å². The maximum absolute atomic E-state index is 13.4. The smallest absolute Gasteiger partial charge is 0.239 e. The van der Waals surface area contributed by atoms with E-state index in [9.17, 15) is 13.2 Å². The minimum Gasteiger partial charge on any atom is -0.381 e. The third kappa shape index (κ3) is 3.35. The Balaban J connectivity index is 1.76. The maximum Gasteiger partial charge on any atom is 0.239 e. The third-order valence-electron chi connectivity index (χ3n) is 5.54.